The van der Waals surface area contributed by atoms with Crippen molar-refractivity contribution in [3.63, 3.8) is 0 Å². The van der Waals surface area contributed by atoms with Gasteiger partial charge in [0.2, 0.25) is 0 Å². The first kappa shape index (κ1) is 17.1. The topological polar surface area (TPSA) is 12.0 Å². The Morgan fingerprint density at radius 3 is 2.48 bits per heavy atom. The van der Waals surface area contributed by atoms with Crippen LogP contribution in [-0.4, -0.2) is 6.54 Å². The molecular formula is C16H15Br3FN. The molecule has 112 valence electrons. The summed E-state index contributed by atoms with van der Waals surface area (Å²) < 4.78 is 16.0. The Kier molecular flexibility index (Phi) is 6.41. The lowest BCUT2D eigenvalue weighted by atomic mass is 9.98. The lowest BCUT2D eigenvalue weighted by Gasteiger charge is -2.21. The lowest BCUT2D eigenvalue weighted by Crippen LogP contribution is -2.23. The molecule has 0 aromatic heterocycles. The molecule has 0 bridgehead atoms. The molecule has 0 aliphatic rings. The van der Waals surface area contributed by atoms with E-state index in [9.17, 15) is 4.39 Å². The molecule has 0 saturated carbocycles. The molecule has 0 saturated heterocycles. The zero-order valence-corrected chi connectivity index (χ0v) is 16.2. The van der Waals surface area contributed by atoms with Crippen LogP contribution in [0.1, 0.15) is 30.5 Å². The fourth-order valence-electron chi connectivity index (χ4n) is 2.12. The van der Waals surface area contributed by atoms with E-state index in [-0.39, 0.29) is 11.9 Å². The second-order valence-corrected chi connectivity index (χ2v) is 7.35. The summed E-state index contributed by atoms with van der Waals surface area (Å²) in [7, 11) is 0. The monoisotopic (exact) mass is 477 g/mol. The van der Waals surface area contributed by atoms with Gasteiger partial charge in [-0.1, -0.05) is 44.8 Å². The van der Waals surface area contributed by atoms with E-state index in [2.05, 4.69) is 66.1 Å². The van der Waals surface area contributed by atoms with Gasteiger partial charge in [-0.25, -0.2) is 4.39 Å². The van der Waals surface area contributed by atoms with E-state index in [4.69, 9.17) is 0 Å². The number of hydrogen-bond acceptors (Lipinski definition) is 1. The van der Waals surface area contributed by atoms with E-state index in [0.29, 0.717) is 4.47 Å². The number of benzene rings is 2. The number of nitrogens with one attached hydrogen (secondary N) is 1. The predicted molar refractivity (Wildman–Crippen MR) is 96.1 cm³/mol. The average molecular weight is 480 g/mol. The van der Waals surface area contributed by atoms with Gasteiger partial charge in [-0.3, -0.25) is 0 Å². The van der Waals surface area contributed by atoms with Gasteiger partial charge in [0.1, 0.15) is 5.82 Å². The first-order chi connectivity index (χ1) is 10.0. The van der Waals surface area contributed by atoms with Crippen LogP contribution in [-0.2, 0) is 0 Å². The fourth-order valence-corrected chi connectivity index (χ4v) is 3.37. The summed E-state index contributed by atoms with van der Waals surface area (Å²) in [6, 6.07) is 11.2. The SMILES string of the molecule is CCCNC(c1ccc(F)c(Br)c1)c1cc(Br)ccc1Br. The van der Waals surface area contributed by atoms with E-state index in [1.807, 2.05) is 24.3 Å². The molecule has 0 aliphatic carbocycles. The molecule has 0 amide bonds. The third-order valence-corrected chi connectivity index (χ3v) is 4.97. The molecule has 1 nitrogen and oxygen atoms in total. The first-order valence-corrected chi connectivity index (χ1v) is 9.04. The molecule has 1 N–H and O–H groups in total. The molecular weight excluding hydrogens is 465 g/mol. The molecule has 0 heterocycles. The third kappa shape index (κ3) is 4.38. The minimum absolute atomic E-state index is 0.00808. The van der Waals surface area contributed by atoms with E-state index < -0.39 is 0 Å². The van der Waals surface area contributed by atoms with Crippen molar-refractivity contribution in [3.8, 4) is 0 Å². The Morgan fingerprint density at radius 2 is 1.81 bits per heavy atom. The van der Waals surface area contributed by atoms with E-state index >= 15 is 0 Å². The van der Waals surface area contributed by atoms with Gasteiger partial charge in [0.05, 0.1) is 10.5 Å². The summed E-state index contributed by atoms with van der Waals surface area (Å²) in [4.78, 5) is 0. The molecule has 0 aliphatic heterocycles. The Morgan fingerprint density at radius 1 is 1.05 bits per heavy atom. The maximum Gasteiger partial charge on any atom is 0.137 e. The maximum absolute atomic E-state index is 13.5. The lowest BCUT2D eigenvalue weighted by molar-refractivity contribution is 0.589. The van der Waals surface area contributed by atoms with Crippen molar-refractivity contribution in [2.24, 2.45) is 0 Å². The van der Waals surface area contributed by atoms with Crippen LogP contribution in [0.4, 0.5) is 4.39 Å². The van der Waals surface area contributed by atoms with Crippen LogP contribution in [0, 0.1) is 5.82 Å². The highest BCUT2D eigenvalue weighted by molar-refractivity contribution is 9.11. The molecule has 2 aromatic carbocycles. The van der Waals surface area contributed by atoms with Crippen LogP contribution in [0.15, 0.2) is 49.8 Å². The number of halogens is 4. The first-order valence-electron chi connectivity index (χ1n) is 6.66. The van der Waals surface area contributed by atoms with Gasteiger partial charge in [-0.05, 0) is 70.4 Å². The van der Waals surface area contributed by atoms with Crippen molar-refractivity contribution >= 4 is 47.8 Å². The summed E-state index contributed by atoms with van der Waals surface area (Å²) in [5.74, 6) is -0.249. The molecule has 0 fully saturated rings. The van der Waals surface area contributed by atoms with Crippen LogP contribution >= 0.6 is 47.8 Å². The van der Waals surface area contributed by atoms with Crippen LogP contribution in [0.25, 0.3) is 0 Å². The number of rotatable bonds is 5. The highest BCUT2D eigenvalue weighted by Gasteiger charge is 2.17. The summed E-state index contributed by atoms with van der Waals surface area (Å²) in [5, 5.41) is 3.52. The molecule has 1 atom stereocenters. The third-order valence-electron chi connectivity index (χ3n) is 3.14. The maximum atomic E-state index is 13.5. The average Bonchev–Trinajstić information content (AvgIpc) is 2.46. The standard InChI is InChI=1S/C16H15Br3FN/c1-2-7-21-16(10-3-6-15(20)14(19)8-10)12-9-11(17)4-5-13(12)18/h3-6,8-9,16,21H,2,7H2,1H3. The molecule has 1 unspecified atom stereocenters. The van der Waals surface area contributed by atoms with E-state index in [1.165, 1.54) is 6.07 Å². The Hall–Kier alpha value is -0.230. The van der Waals surface area contributed by atoms with Gasteiger partial charge < -0.3 is 5.32 Å². The minimum atomic E-state index is -0.249. The zero-order chi connectivity index (χ0) is 15.4. The van der Waals surface area contributed by atoms with Crippen LogP contribution in [0.3, 0.4) is 0 Å². The zero-order valence-electron chi connectivity index (χ0n) is 11.5. The van der Waals surface area contributed by atoms with E-state index in [0.717, 1.165) is 33.0 Å². The molecule has 5 heteroatoms. The molecule has 2 rings (SSSR count). The fraction of sp³-hybridized carbons (Fsp3) is 0.250. The summed E-state index contributed by atoms with van der Waals surface area (Å²) in [6.45, 7) is 3.01. The summed E-state index contributed by atoms with van der Waals surface area (Å²) in [5.41, 5.74) is 2.15. The summed E-state index contributed by atoms with van der Waals surface area (Å²) in [6.07, 6.45) is 1.03. The quantitative estimate of drug-likeness (QED) is 0.538. The highest BCUT2D eigenvalue weighted by atomic mass is 79.9. The number of hydrogen-bond donors (Lipinski definition) is 1. The second kappa shape index (κ2) is 7.86. The van der Waals surface area contributed by atoms with Gasteiger partial charge in [-0.15, -0.1) is 0 Å². The van der Waals surface area contributed by atoms with Crippen LogP contribution in [0.2, 0.25) is 0 Å². The molecule has 2 aromatic rings. The Bertz CT molecular complexity index is 631. The van der Waals surface area contributed by atoms with Crippen LogP contribution in [0.5, 0.6) is 0 Å². The van der Waals surface area contributed by atoms with Crippen molar-refractivity contribution in [2.45, 2.75) is 19.4 Å². The molecule has 21 heavy (non-hydrogen) atoms. The molecule has 0 radical (unpaired) electrons. The minimum Gasteiger partial charge on any atom is -0.306 e. The normalized spacial score (nSPS) is 12.4. The van der Waals surface area contributed by atoms with Gasteiger partial charge in [0.25, 0.3) is 0 Å². The highest BCUT2D eigenvalue weighted by Crippen LogP contribution is 2.32. The van der Waals surface area contributed by atoms with Gasteiger partial charge in [0.15, 0.2) is 0 Å². The Labute approximate surface area is 149 Å². The smallest absolute Gasteiger partial charge is 0.137 e. The second-order valence-electron chi connectivity index (χ2n) is 4.73. The predicted octanol–water partition coefficient (Wildman–Crippen LogP) is 6.20. The van der Waals surface area contributed by atoms with Crippen molar-refractivity contribution in [2.75, 3.05) is 6.54 Å². The van der Waals surface area contributed by atoms with Crippen molar-refractivity contribution in [1.82, 2.24) is 5.32 Å². The van der Waals surface area contributed by atoms with Crippen molar-refractivity contribution in [3.05, 3.63) is 66.8 Å². The largest absolute Gasteiger partial charge is 0.306 e. The van der Waals surface area contributed by atoms with Crippen molar-refractivity contribution < 1.29 is 4.39 Å². The van der Waals surface area contributed by atoms with Gasteiger partial charge in [-0.2, -0.15) is 0 Å². The van der Waals surface area contributed by atoms with E-state index in [1.54, 1.807) is 0 Å². The Balaban J connectivity index is 2.46. The molecule has 0 spiro atoms. The van der Waals surface area contributed by atoms with Gasteiger partial charge in [0, 0.05) is 8.95 Å². The summed E-state index contributed by atoms with van der Waals surface area (Å²) >= 11 is 10.4. The van der Waals surface area contributed by atoms with Crippen molar-refractivity contribution in [1.29, 1.82) is 0 Å². The van der Waals surface area contributed by atoms with Gasteiger partial charge >= 0.3 is 0 Å². The van der Waals surface area contributed by atoms with Crippen LogP contribution < -0.4 is 5.32 Å².